The van der Waals surface area contributed by atoms with Crippen molar-refractivity contribution >= 4 is 17.4 Å². The maximum atomic E-state index is 6.34. The maximum absolute atomic E-state index is 6.34. The summed E-state index contributed by atoms with van der Waals surface area (Å²) in [4.78, 5) is 6.82. The molecule has 1 aromatic heterocycles. The lowest BCUT2D eigenvalue weighted by Gasteiger charge is -2.18. The molecule has 0 saturated carbocycles. The Kier molecular flexibility index (Phi) is 4.84. The van der Waals surface area contributed by atoms with Gasteiger partial charge in [-0.1, -0.05) is 25.4 Å². The fourth-order valence-corrected chi connectivity index (χ4v) is 2.65. The summed E-state index contributed by atoms with van der Waals surface area (Å²) >= 11 is 6.34. The van der Waals surface area contributed by atoms with Gasteiger partial charge in [-0.2, -0.15) is 0 Å². The first-order chi connectivity index (χ1) is 8.70. The predicted octanol–water partition coefficient (Wildman–Crippen LogP) is 3.08. The topological polar surface area (TPSA) is 28.2 Å². The first kappa shape index (κ1) is 13.6. The van der Waals surface area contributed by atoms with Gasteiger partial charge in [-0.25, -0.2) is 4.98 Å². The zero-order chi connectivity index (χ0) is 13.0. The van der Waals surface area contributed by atoms with Crippen LogP contribution >= 0.6 is 11.6 Å². The largest absolute Gasteiger partial charge is 0.355 e. The summed E-state index contributed by atoms with van der Waals surface area (Å²) in [6, 6.07) is 2.04. The van der Waals surface area contributed by atoms with Crippen LogP contribution in [0.3, 0.4) is 0 Å². The van der Waals surface area contributed by atoms with Crippen LogP contribution in [0.15, 0.2) is 12.3 Å². The van der Waals surface area contributed by atoms with Crippen LogP contribution in [0, 0.1) is 5.92 Å². The van der Waals surface area contributed by atoms with E-state index in [-0.39, 0.29) is 0 Å². The van der Waals surface area contributed by atoms with Crippen molar-refractivity contribution in [3.05, 3.63) is 22.8 Å². The van der Waals surface area contributed by atoms with Gasteiger partial charge in [-0.3, -0.25) is 0 Å². The third-order valence-corrected chi connectivity index (χ3v) is 3.64. The molecule has 1 fully saturated rings. The van der Waals surface area contributed by atoms with Crippen molar-refractivity contribution in [2.75, 3.05) is 24.5 Å². The highest BCUT2D eigenvalue weighted by Crippen LogP contribution is 2.28. The Labute approximate surface area is 115 Å². The Morgan fingerprint density at radius 1 is 1.56 bits per heavy atom. The minimum absolute atomic E-state index is 0.744. The molecule has 100 valence electrons. The summed E-state index contributed by atoms with van der Waals surface area (Å²) < 4.78 is 0. The van der Waals surface area contributed by atoms with Gasteiger partial charge in [-0.15, -0.1) is 0 Å². The summed E-state index contributed by atoms with van der Waals surface area (Å²) in [5.74, 6) is 1.69. The smallest absolute Gasteiger partial charge is 0.147 e. The molecule has 18 heavy (non-hydrogen) atoms. The fourth-order valence-electron chi connectivity index (χ4n) is 2.34. The van der Waals surface area contributed by atoms with Crippen molar-refractivity contribution in [1.82, 2.24) is 10.3 Å². The van der Waals surface area contributed by atoms with Crippen LogP contribution < -0.4 is 10.2 Å². The van der Waals surface area contributed by atoms with E-state index in [2.05, 4.69) is 29.0 Å². The highest BCUT2D eigenvalue weighted by atomic mass is 35.5. The van der Waals surface area contributed by atoms with Crippen LogP contribution in [0.5, 0.6) is 0 Å². The predicted molar refractivity (Wildman–Crippen MR) is 77.2 cm³/mol. The average molecular weight is 268 g/mol. The Bertz CT molecular complexity index is 395. The third-order valence-electron chi connectivity index (χ3n) is 3.36. The van der Waals surface area contributed by atoms with Gasteiger partial charge in [0.25, 0.3) is 0 Å². The fraction of sp³-hybridized carbons (Fsp3) is 0.643. The normalized spacial score (nSPS) is 19.5. The van der Waals surface area contributed by atoms with Gasteiger partial charge >= 0.3 is 0 Å². The molecule has 0 aromatic carbocycles. The summed E-state index contributed by atoms with van der Waals surface area (Å²) in [6.07, 6.45) is 4.32. The Hall–Kier alpha value is -0.800. The molecule has 1 aliphatic heterocycles. The molecular formula is C14H22ClN3. The molecule has 0 radical (unpaired) electrons. The molecule has 0 amide bonds. The molecule has 0 aliphatic carbocycles. The molecule has 2 rings (SSSR count). The van der Waals surface area contributed by atoms with Crippen LogP contribution in [-0.4, -0.2) is 24.6 Å². The molecule has 0 bridgehead atoms. The zero-order valence-corrected chi connectivity index (χ0v) is 12.0. The highest BCUT2D eigenvalue weighted by Gasteiger charge is 2.21. The summed E-state index contributed by atoms with van der Waals surface area (Å²) in [6.45, 7) is 8.45. The van der Waals surface area contributed by atoms with Gasteiger partial charge in [0.2, 0.25) is 0 Å². The zero-order valence-electron chi connectivity index (χ0n) is 11.2. The second-order valence-corrected chi connectivity index (χ2v) is 5.57. The minimum Gasteiger partial charge on any atom is -0.355 e. The first-order valence-electron chi connectivity index (χ1n) is 6.80. The van der Waals surface area contributed by atoms with Crippen LogP contribution in [0.4, 0.5) is 5.82 Å². The number of hydrogen-bond acceptors (Lipinski definition) is 3. The van der Waals surface area contributed by atoms with Crippen molar-refractivity contribution in [2.24, 2.45) is 5.92 Å². The summed E-state index contributed by atoms with van der Waals surface area (Å²) in [5.41, 5.74) is 1.16. The lowest BCUT2D eigenvalue weighted by molar-refractivity contribution is 0.658. The molecule has 1 N–H and O–H groups in total. The molecule has 2 heterocycles. The Morgan fingerprint density at radius 3 is 3.00 bits per heavy atom. The Morgan fingerprint density at radius 2 is 2.39 bits per heavy atom. The van der Waals surface area contributed by atoms with Crippen molar-refractivity contribution in [3.63, 3.8) is 0 Å². The molecular weight excluding hydrogens is 246 g/mol. The lowest BCUT2D eigenvalue weighted by atomic mass is 10.2. The van der Waals surface area contributed by atoms with Crippen LogP contribution in [0.2, 0.25) is 5.02 Å². The second-order valence-electron chi connectivity index (χ2n) is 5.17. The molecule has 1 aliphatic rings. The van der Waals surface area contributed by atoms with Crippen molar-refractivity contribution in [3.8, 4) is 0 Å². The number of nitrogens with one attached hydrogen (secondary N) is 1. The minimum atomic E-state index is 0.744. The average Bonchev–Trinajstić information content (AvgIpc) is 2.76. The van der Waals surface area contributed by atoms with E-state index < -0.39 is 0 Å². The SMILES string of the molecule is CCCNCc1cnc(N2CCC(C)C2)c(Cl)c1. The number of nitrogens with zero attached hydrogens (tertiary/aromatic N) is 2. The van der Waals surface area contributed by atoms with Gasteiger partial charge in [0.05, 0.1) is 5.02 Å². The molecule has 1 saturated heterocycles. The van der Waals surface area contributed by atoms with Gasteiger partial charge in [0, 0.05) is 25.8 Å². The van der Waals surface area contributed by atoms with Crippen molar-refractivity contribution in [2.45, 2.75) is 33.2 Å². The van der Waals surface area contributed by atoms with Gasteiger partial charge in [0.15, 0.2) is 0 Å². The van der Waals surface area contributed by atoms with E-state index in [9.17, 15) is 0 Å². The standard InChI is InChI=1S/C14H22ClN3/c1-3-5-16-8-12-7-13(15)14(17-9-12)18-6-4-11(2)10-18/h7,9,11,16H,3-6,8,10H2,1-2H3. The van der Waals surface area contributed by atoms with E-state index in [1.165, 1.54) is 6.42 Å². The van der Waals surface area contributed by atoms with E-state index >= 15 is 0 Å². The summed E-state index contributed by atoms with van der Waals surface area (Å²) in [5, 5.41) is 4.14. The lowest BCUT2D eigenvalue weighted by Crippen LogP contribution is -2.21. The van der Waals surface area contributed by atoms with Crippen molar-refractivity contribution in [1.29, 1.82) is 0 Å². The first-order valence-corrected chi connectivity index (χ1v) is 7.18. The molecule has 1 aromatic rings. The van der Waals surface area contributed by atoms with Gasteiger partial charge in [-0.05, 0) is 36.9 Å². The van der Waals surface area contributed by atoms with E-state index in [0.29, 0.717) is 0 Å². The summed E-state index contributed by atoms with van der Waals surface area (Å²) in [7, 11) is 0. The number of pyridine rings is 1. The molecule has 4 heteroatoms. The van der Waals surface area contributed by atoms with E-state index in [1.54, 1.807) is 0 Å². The number of hydrogen-bond donors (Lipinski definition) is 1. The highest BCUT2D eigenvalue weighted by molar-refractivity contribution is 6.33. The number of halogens is 1. The molecule has 3 nitrogen and oxygen atoms in total. The number of aromatic nitrogens is 1. The molecule has 1 unspecified atom stereocenters. The van der Waals surface area contributed by atoms with Gasteiger partial charge < -0.3 is 10.2 Å². The quantitative estimate of drug-likeness (QED) is 0.831. The van der Waals surface area contributed by atoms with E-state index in [0.717, 1.165) is 54.9 Å². The maximum Gasteiger partial charge on any atom is 0.147 e. The van der Waals surface area contributed by atoms with E-state index in [1.807, 2.05) is 12.3 Å². The van der Waals surface area contributed by atoms with Crippen LogP contribution in [-0.2, 0) is 6.54 Å². The number of anilines is 1. The monoisotopic (exact) mass is 267 g/mol. The van der Waals surface area contributed by atoms with Gasteiger partial charge in [0.1, 0.15) is 5.82 Å². The molecule has 1 atom stereocenters. The second kappa shape index (κ2) is 6.39. The third kappa shape index (κ3) is 3.36. The van der Waals surface area contributed by atoms with Crippen LogP contribution in [0.25, 0.3) is 0 Å². The molecule has 0 spiro atoms. The Balaban J connectivity index is 2.01. The van der Waals surface area contributed by atoms with E-state index in [4.69, 9.17) is 11.6 Å². The van der Waals surface area contributed by atoms with Crippen LogP contribution in [0.1, 0.15) is 32.3 Å². The van der Waals surface area contributed by atoms with Crippen molar-refractivity contribution < 1.29 is 0 Å². The number of rotatable bonds is 5.